The minimum Gasteiger partial charge on any atom is -0.480 e. The smallest absolute Gasteiger partial charge is 0.321 e. The van der Waals surface area contributed by atoms with Crippen LogP contribution in [0, 0.1) is 0 Å². The maximum absolute atomic E-state index is 12.4. The van der Waals surface area contributed by atoms with Crippen LogP contribution < -0.4 is 0 Å². The van der Waals surface area contributed by atoms with E-state index in [1.54, 1.807) is 4.90 Å². The first-order chi connectivity index (χ1) is 7.72. The number of benzene rings is 1. The van der Waals surface area contributed by atoms with Gasteiger partial charge in [0.25, 0.3) is 0 Å². The summed E-state index contributed by atoms with van der Waals surface area (Å²) >= 11 is 0. The zero-order valence-corrected chi connectivity index (χ0v) is 8.90. The molecule has 0 aliphatic carbocycles. The summed E-state index contributed by atoms with van der Waals surface area (Å²) in [7, 11) is 0. The number of fused-ring (bicyclic) bond motifs is 1. The van der Waals surface area contributed by atoms with E-state index in [2.05, 4.69) is 0 Å². The Hall–Kier alpha value is -1.42. The van der Waals surface area contributed by atoms with E-state index in [4.69, 9.17) is 5.11 Å². The van der Waals surface area contributed by atoms with Crippen LogP contribution in [0.25, 0.3) is 0 Å². The maximum Gasteiger partial charge on any atom is 0.321 e. The molecule has 3 nitrogen and oxygen atoms in total. The largest absolute Gasteiger partial charge is 0.480 e. The highest BCUT2D eigenvalue weighted by Gasteiger charge is 2.30. The highest BCUT2D eigenvalue weighted by atomic mass is 19.1. The normalized spacial score (nSPS) is 20.4. The van der Waals surface area contributed by atoms with Crippen LogP contribution in [0.2, 0.25) is 0 Å². The van der Waals surface area contributed by atoms with Gasteiger partial charge in [-0.2, -0.15) is 0 Å². The van der Waals surface area contributed by atoms with Crippen molar-refractivity contribution >= 4 is 5.97 Å². The van der Waals surface area contributed by atoms with Crippen LogP contribution in [0.5, 0.6) is 0 Å². The molecule has 0 saturated carbocycles. The van der Waals surface area contributed by atoms with Crippen LogP contribution in [0.15, 0.2) is 24.3 Å². The first-order valence-corrected chi connectivity index (χ1v) is 5.32. The summed E-state index contributed by atoms with van der Waals surface area (Å²) < 4.78 is 12.4. The Morgan fingerprint density at radius 2 is 2.12 bits per heavy atom. The molecular weight excluding hydrogens is 209 g/mol. The van der Waals surface area contributed by atoms with Crippen molar-refractivity contribution in [1.29, 1.82) is 0 Å². The second kappa shape index (κ2) is 4.61. The predicted octanol–water partition coefficient (Wildman–Crippen LogP) is 1.47. The molecule has 0 fully saturated rings. The fourth-order valence-corrected chi connectivity index (χ4v) is 2.16. The number of carboxylic acid groups (broad SMARTS) is 1. The van der Waals surface area contributed by atoms with Gasteiger partial charge in [-0.05, 0) is 17.5 Å². The quantitative estimate of drug-likeness (QED) is 0.843. The summed E-state index contributed by atoms with van der Waals surface area (Å²) in [6.45, 7) is 0.203. The Balaban J connectivity index is 2.25. The lowest BCUT2D eigenvalue weighted by molar-refractivity contribution is -0.144. The molecule has 0 radical (unpaired) electrons. The summed E-state index contributed by atoms with van der Waals surface area (Å²) in [5.74, 6) is -0.872. The van der Waals surface area contributed by atoms with Crippen molar-refractivity contribution in [2.24, 2.45) is 0 Å². The lowest BCUT2D eigenvalue weighted by Crippen LogP contribution is -2.46. The van der Waals surface area contributed by atoms with Gasteiger partial charge < -0.3 is 5.11 Å². The fraction of sp³-hybridized carbons (Fsp3) is 0.417. The van der Waals surface area contributed by atoms with Gasteiger partial charge in [-0.15, -0.1) is 0 Å². The van der Waals surface area contributed by atoms with Crippen LogP contribution in [-0.4, -0.2) is 35.2 Å². The molecule has 16 heavy (non-hydrogen) atoms. The van der Waals surface area contributed by atoms with Crippen molar-refractivity contribution in [3.05, 3.63) is 35.4 Å². The maximum atomic E-state index is 12.4. The van der Waals surface area contributed by atoms with Crippen LogP contribution in [0.3, 0.4) is 0 Å². The van der Waals surface area contributed by atoms with Gasteiger partial charge in [0.2, 0.25) is 0 Å². The Kier molecular flexibility index (Phi) is 3.19. The number of aliphatic carboxylic acids is 1. The van der Waals surface area contributed by atoms with Crippen molar-refractivity contribution in [3.8, 4) is 0 Å². The summed E-state index contributed by atoms with van der Waals surface area (Å²) in [4.78, 5) is 12.8. The molecule has 4 heteroatoms. The molecule has 1 heterocycles. The molecule has 1 aliphatic heterocycles. The Morgan fingerprint density at radius 1 is 1.44 bits per heavy atom. The molecule has 0 amide bonds. The lowest BCUT2D eigenvalue weighted by atomic mass is 9.94. The van der Waals surface area contributed by atoms with Gasteiger partial charge in [-0.25, -0.2) is 4.39 Å². The number of rotatable bonds is 3. The van der Waals surface area contributed by atoms with E-state index < -0.39 is 18.7 Å². The fourth-order valence-electron chi connectivity index (χ4n) is 2.16. The minimum atomic E-state index is -0.872. The van der Waals surface area contributed by atoms with Crippen molar-refractivity contribution in [1.82, 2.24) is 4.90 Å². The zero-order chi connectivity index (χ0) is 11.5. The van der Waals surface area contributed by atoms with Crippen molar-refractivity contribution in [2.75, 3.05) is 13.2 Å². The third-order valence-electron chi connectivity index (χ3n) is 3.00. The van der Waals surface area contributed by atoms with Gasteiger partial charge in [-0.3, -0.25) is 9.69 Å². The Labute approximate surface area is 93.5 Å². The third-order valence-corrected chi connectivity index (χ3v) is 3.00. The van der Waals surface area contributed by atoms with E-state index in [-0.39, 0.29) is 6.54 Å². The third kappa shape index (κ3) is 2.07. The SMILES string of the molecule is O=C(O)[C@@H]1Cc2ccccc2CN1CCF. The molecule has 0 bridgehead atoms. The molecule has 1 aromatic carbocycles. The van der Waals surface area contributed by atoms with Gasteiger partial charge in [0.05, 0.1) is 0 Å². The first-order valence-electron chi connectivity index (χ1n) is 5.32. The summed E-state index contributed by atoms with van der Waals surface area (Å²) in [5.41, 5.74) is 2.17. The molecule has 86 valence electrons. The zero-order valence-electron chi connectivity index (χ0n) is 8.90. The molecule has 2 rings (SSSR count). The summed E-state index contributed by atoms with van der Waals surface area (Å²) in [6, 6.07) is 7.15. The standard InChI is InChI=1S/C12H14FNO2/c13-5-6-14-8-10-4-2-1-3-9(10)7-11(14)12(15)16/h1-4,11H,5-8H2,(H,15,16)/t11-/m0/s1. The Bertz CT molecular complexity index is 394. The minimum absolute atomic E-state index is 0.186. The number of hydrogen-bond acceptors (Lipinski definition) is 2. The van der Waals surface area contributed by atoms with Crippen molar-refractivity contribution < 1.29 is 14.3 Å². The van der Waals surface area contributed by atoms with E-state index in [1.165, 1.54) is 0 Å². The van der Waals surface area contributed by atoms with Gasteiger partial charge in [0.15, 0.2) is 0 Å². The second-order valence-electron chi connectivity index (χ2n) is 3.99. The highest BCUT2D eigenvalue weighted by Crippen LogP contribution is 2.23. The van der Waals surface area contributed by atoms with Gasteiger partial charge in [0, 0.05) is 13.1 Å². The molecule has 1 N–H and O–H groups in total. The number of hydrogen-bond donors (Lipinski definition) is 1. The molecule has 1 atom stereocenters. The van der Waals surface area contributed by atoms with Crippen molar-refractivity contribution in [2.45, 2.75) is 19.0 Å². The predicted molar refractivity (Wildman–Crippen MR) is 58.0 cm³/mol. The average Bonchev–Trinajstić information content (AvgIpc) is 2.28. The number of alkyl halides is 1. The molecule has 0 aromatic heterocycles. The van der Waals surface area contributed by atoms with Crippen LogP contribution in [0.1, 0.15) is 11.1 Å². The first kappa shape index (κ1) is 11.1. The van der Waals surface area contributed by atoms with Crippen LogP contribution in [-0.2, 0) is 17.8 Å². The molecule has 1 aromatic rings. The van der Waals surface area contributed by atoms with Gasteiger partial charge in [-0.1, -0.05) is 24.3 Å². The highest BCUT2D eigenvalue weighted by molar-refractivity contribution is 5.74. The number of halogens is 1. The van der Waals surface area contributed by atoms with Crippen LogP contribution in [0.4, 0.5) is 4.39 Å². The lowest BCUT2D eigenvalue weighted by Gasteiger charge is -2.33. The van der Waals surface area contributed by atoms with E-state index in [0.717, 1.165) is 11.1 Å². The molecule has 1 aliphatic rings. The number of carbonyl (C=O) groups is 1. The second-order valence-corrected chi connectivity index (χ2v) is 3.99. The van der Waals surface area contributed by atoms with E-state index >= 15 is 0 Å². The van der Waals surface area contributed by atoms with Crippen molar-refractivity contribution in [3.63, 3.8) is 0 Å². The number of carboxylic acids is 1. The summed E-state index contributed by atoms with van der Waals surface area (Å²) in [6.07, 6.45) is 0.464. The topological polar surface area (TPSA) is 40.5 Å². The molecule has 0 spiro atoms. The van der Waals surface area contributed by atoms with E-state index in [9.17, 15) is 9.18 Å². The molecule has 0 unspecified atom stereocenters. The van der Waals surface area contributed by atoms with Gasteiger partial charge in [0.1, 0.15) is 12.7 Å². The van der Waals surface area contributed by atoms with E-state index in [1.807, 2.05) is 24.3 Å². The van der Waals surface area contributed by atoms with E-state index in [0.29, 0.717) is 13.0 Å². The average molecular weight is 223 g/mol. The molecular formula is C12H14FNO2. The van der Waals surface area contributed by atoms with Crippen LogP contribution >= 0.6 is 0 Å². The summed E-state index contributed by atoms with van der Waals surface area (Å²) in [5, 5.41) is 9.10. The molecule has 0 saturated heterocycles. The monoisotopic (exact) mass is 223 g/mol. The number of nitrogens with zero attached hydrogens (tertiary/aromatic N) is 1. The Morgan fingerprint density at radius 3 is 2.75 bits per heavy atom. The van der Waals surface area contributed by atoms with Gasteiger partial charge >= 0.3 is 5.97 Å².